The van der Waals surface area contributed by atoms with E-state index in [0.29, 0.717) is 0 Å². The number of rotatable bonds is 4. The van der Waals surface area contributed by atoms with E-state index in [4.69, 9.17) is 4.98 Å². The van der Waals surface area contributed by atoms with Crippen LogP contribution in [-0.4, -0.2) is 33.9 Å². The lowest BCUT2D eigenvalue weighted by Crippen LogP contribution is -1.98. The Morgan fingerprint density at radius 3 is 2.80 bits per heavy atom. The third kappa shape index (κ3) is 2.90. The zero-order chi connectivity index (χ0) is 17.2. The molecule has 25 heavy (non-hydrogen) atoms. The molecule has 4 aromatic heterocycles. The van der Waals surface area contributed by atoms with E-state index in [0.717, 1.165) is 41.3 Å². The average molecular weight is 331 g/mol. The highest BCUT2D eigenvalue weighted by Crippen LogP contribution is 2.24. The average Bonchev–Trinajstić information content (AvgIpc) is 3.34. The summed E-state index contributed by atoms with van der Waals surface area (Å²) in [6.07, 6.45) is 12.0. The molecule has 7 nitrogen and oxygen atoms in total. The van der Waals surface area contributed by atoms with E-state index >= 15 is 0 Å². The van der Waals surface area contributed by atoms with Crippen molar-refractivity contribution < 1.29 is 0 Å². The smallest absolute Gasteiger partial charge is 0.149 e. The van der Waals surface area contributed by atoms with Crippen LogP contribution < -0.4 is 0 Å². The molecule has 0 N–H and O–H groups in total. The predicted octanol–water partition coefficient (Wildman–Crippen LogP) is 2.41. The molecular weight excluding hydrogens is 314 g/mol. The van der Waals surface area contributed by atoms with Crippen LogP contribution >= 0.6 is 0 Å². The number of hydrogen-bond donors (Lipinski definition) is 0. The van der Waals surface area contributed by atoms with Gasteiger partial charge in [-0.25, -0.2) is 9.97 Å². The molecular formula is C18H17N7. The van der Waals surface area contributed by atoms with E-state index < -0.39 is 0 Å². The Balaban J connectivity index is 1.78. The van der Waals surface area contributed by atoms with Crippen LogP contribution in [0.5, 0.6) is 0 Å². The maximum atomic E-state index is 4.83. The van der Waals surface area contributed by atoms with E-state index in [2.05, 4.69) is 27.0 Å². The van der Waals surface area contributed by atoms with Crippen LogP contribution in [0.3, 0.4) is 0 Å². The number of imidazole rings is 1. The summed E-state index contributed by atoms with van der Waals surface area (Å²) in [6.45, 7) is 2.61. The normalized spacial score (nSPS) is 10.8. The maximum Gasteiger partial charge on any atom is 0.149 e. The van der Waals surface area contributed by atoms with Crippen LogP contribution in [0.25, 0.3) is 28.3 Å². The molecule has 0 aliphatic rings. The molecule has 0 radical (unpaired) electrons. The van der Waals surface area contributed by atoms with Crippen molar-refractivity contribution in [3.05, 3.63) is 43.2 Å². The topological polar surface area (TPSA) is 65.8 Å². The van der Waals surface area contributed by atoms with Crippen LogP contribution in [0.2, 0.25) is 0 Å². The third-order valence-corrected chi connectivity index (χ3v) is 3.92. The summed E-state index contributed by atoms with van der Waals surface area (Å²) in [5.74, 6) is 6.76. The second kappa shape index (κ2) is 6.24. The Hall–Kier alpha value is -3.40. The molecule has 124 valence electrons. The summed E-state index contributed by atoms with van der Waals surface area (Å²) in [6, 6.07) is 1.96. The first-order valence-electron chi connectivity index (χ1n) is 8.00. The van der Waals surface area contributed by atoms with Crippen molar-refractivity contribution in [3.8, 4) is 34.5 Å². The van der Waals surface area contributed by atoms with Gasteiger partial charge in [-0.05, 0) is 6.92 Å². The molecule has 0 saturated heterocycles. The molecule has 4 aromatic rings. The lowest BCUT2D eigenvalue weighted by molar-refractivity contribution is 0.630. The Kier molecular flexibility index (Phi) is 3.78. The Morgan fingerprint density at radius 1 is 1.12 bits per heavy atom. The van der Waals surface area contributed by atoms with Gasteiger partial charge in [0.2, 0.25) is 0 Å². The first-order chi connectivity index (χ1) is 12.2. The highest BCUT2D eigenvalue weighted by Gasteiger charge is 2.13. The molecule has 4 heterocycles. The molecule has 0 atom stereocenters. The number of fused-ring (bicyclic) bond motifs is 1. The summed E-state index contributed by atoms with van der Waals surface area (Å²) in [5.41, 5.74) is 3.58. The number of aromatic nitrogens is 7. The largest absolute Gasteiger partial charge is 0.284 e. The lowest BCUT2D eigenvalue weighted by Gasteiger charge is -2.05. The monoisotopic (exact) mass is 331 g/mol. The molecule has 0 spiro atoms. The molecule has 0 aliphatic heterocycles. The first kappa shape index (κ1) is 15.1. The fourth-order valence-corrected chi connectivity index (χ4v) is 2.73. The summed E-state index contributed by atoms with van der Waals surface area (Å²) in [4.78, 5) is 9.24. The minimum atomic E-state index is 0.760. The Bertz CT molecular complexity index is 1090. The van der Waals surface area contributed by atoms with Crippen LogP contribution in [0, 0.1) is 11.8 Å². The zero-order valence-corrected chi connectivity index (χ0v) is 14.1. The molecule has 0 aromatic carbocycles. The quantitative estimate of drug-likeness (QED) is 0.539. The highest BCUT2D eigenvalue weighted by atomic mass is 15.3. The Labute approximate surface area is 145 Å². The third-order valence-electron chi connectivity index (χ3n) is 3.92. The van der Waals surface area contributed by atoms with Crippen molar-refractivity contribution >= 4 is 5.65 Å². The van der Waals surface area contributed by atoms with Gasteiger partial charge < -0.3 is 0 Å². The van der Waals surface area contributed by atoms with Gasteiger partial charge in [0.05, 0.1) is 30.2 Å². The highest BCUT2D eigenvalue weighted by molar-refractivity contribution is 5.68. The standard InChI is InChI=1S/C18H17N7/c1-3-4-5-7-24-13-15(11-21-24)18-22-16(14-10-20-23(2)12-14)9-17-19-6-8-25(17)18/h6,8-13H,5,7H2,1-2H3. The van der Waals surface area contributed by atoms with Crippen LogP contribution in [0.1, 0.15) is 13.3 Å². The minimum absolute atomic E-state index is 0.760. The maximum absolute atomic E-state index is 4.83. The van der Waals surface area contributed by atoms with E-state index in [1.807, 2.05) is 53.9 Å². The van der Waals surface area contributed by atoms with Gasteiger partial charge in [-0.1, -0.05) is 0 Å². The number of hydrogen-bond acceptors (Lipinski definition) is 4. The van der Waals surface area contributed by atoms with Crippen molar-refractivity contribution in [2.24, 2.45) is 7.05 Å². The van der Waals surface area contributed by atoms with Crippen molar-refractivity contribution in [2.45, 2.75) is 19.9 Å². The zero-order valence-electron chi connectivity index (χ0n) is 14.1. The van der Waals surface area contributed by atoms with Crippen LogP contribution in [0.15, 0.2) is 43.2 Å². The second-order valence-electron chi connectivity index (χ2n) is 5.69. The molecule has 0 bridgehead atoms. The molecule has 0 aliphatic carbocycles. The SMILES string of the molecule is CC#CCCn1cc(-c2nc(-c3cnn(C)c3)cc3nccn23)cn1. The Morgan fingerprint density at radius 2 is 2.00 bits per heavy atom. The lowest BCUT2D eigenvalue weighted by atomic mass is 10.2. The van der Waals surface area contributed by atoms with Gasteiger partial charge in [-0.2, -0.15) is 10.2 Å². The van der Waals surface area contributed by atoms with Crippen molar-refractivity contribution in [1.82, 2.24) is 33.9 Å². The van der Waals surface area contributed by atoms with Gasteiger partial charge >= 0.3 is 0 Å². The molecule has 4 rings (SSSR count). The summed E-state index contributed by atoms with van der Waals surface area (Å²) in [5, 5.41) is 8.65. The summed E-state index contributed by atoms with van der Waals surface area (Å²) >= 11 is 0. The molecule has 0 saturated carbocycles. The van der Waals surface area contributed by atoms with Crippen LogP contribution in [0.4, 0.5) is 0 Å². The minimum Gasteiger partial charge on any atom is -0.284 e. The van der Waals surface area contributed by atoms with Crippen molar-refractivity contribution in [3.63, 3.8) is 0 Å². The van der Waals surface area contributed by atoms with Gasteiger partial charge in [0, 0.05) is 49.9 Å². The van der Waals surface area contributed by atoms with E-state index in [1.54, 1.807) is 17.1 Å². The van der Waals surface area contributed by atoms with E-state index in [-0.39, 0.29) is 0 Å². The molecule has 0 fully saturated rings. The van der Waals surface area contributed by atoms with Gasteiger partial charge in [0.1, 0.15) is 11.5 Å². The van der Waals surface area contributed by atoms with Gasteiger partial charge in [-0.3, -0.25) is 13.8 Å². The van der Waals surface area contributed by atoms with Gasteiger partial charge in [0.25, 0.3) is 0 Å². The first-order valence-corrected chi connectivity index (χ1v) is 8.00. The second-order valence-corrected chi connectivity index (χ2v) is 5.69. The fourth-order valence-electron chi connectivity index (χ4n) is 2.73. The van der Waals surface area contributed by atoms with Gasteiger partial charge in [0.15, 0.2) is 0 Å². The predicted molar refractivity (Wildman–Crippen MR) is 94.5 cm³/mol. The van der Waals surface area contributed by atoms with Gasteiger partial charge in [-0.15, -0.1) is 11.8 Å². The fraction of sp³-hybridized carbons (Fsp3) is 0.222. The number of aryl methyl sites for hydroxylation is 2. The summed E-state index contributed by atoms with van der Waals surface area (Å²) in [7, 11) is 1.89. The van der Waals surface area contributed by atoms with Crippen molar-refractivity contribution in [1.29, 1.82) is 0 Å². The molecule has 0 unspecified atom stereocenters. The molecule has 0 amide bonds. The number of nitrogens with zero attached hydrogens (tertiary/aromatic N) is 7. The molecule has 7 heteroatoms. The van der Waals surface area contributed by atoms with E-state index in [9.17, 15) is 0 Å². The van der Waals surface area contributed by atoms with Crippen molar-refractivity contribution in [2.75, 3.05) is 0 Å². The van der Waals surface area contributed by atoms with Crippen LogP contribution in [-0.2, 0) is 13.6 Å². The van der Waals surface area contributed by atoms with E-state index in [1.165, 1.54) is 0 Å². The summed E-state index contributed by atoms with van der Waals surface area (Å²) < 4.78 is 5.62.